The van der Waals surface area contributed by atoms with Crippen molar-refractivity contribution in [3.8, 4) is 0 Å². The Morgan fingerprint density at radius 2 is 2.11 bits per heavy atom. The van der Waals surface area contributed by atoms with Crippen molar-refractivity contribution in [2.45, 2.75) is 6.10 Å². The monoisotopic (exact) mass is 384 g/mol. The first-order chi connectivity index (χ1) is 8.40. The fraction of sp³-hybridized carbons (Fsp3) is 0.200. The minimum absolute atomic E-state index is 0.371. The van der Waals surface area contributed by atoms with Crippen LogP contribution in [0.1, 0.15) is 0 Å². The SMILES string of the molecule is O=C(NCC(O)C(=O)O)Nc1ccc(I)cc1Cl. The molecular formula is C10H10ClIN2O4. The largest absolute Gasteiger partial charge is 0.479 e. The van der Waals surface area contributed by atoms with Crippen LogP contribution in [0.2, 0.25) is 5.02 Å². The van der Waals surface area contributed by atoms with Crippen LogP contribution in [0.3, 0.4) is 0 Å². The number of benzene rings is 1. The molecule has 0 aliphatic rings. The minimum atomic E-state index is -1.64. The van der Waals surface area contributed by atoms with Gasteiger partial charge in [-0.05, 0) is 40.8 Å². The van der Waals surface area contributed by atoms with Gasteiger partial charge in [0.25, 0.3) is 0 Å². The van der Waals surface area contributed by atoms with Crippen molar-refractivity contribution in [2.75, 3.05) is 11.9 Å². The molecule has 0 radical (unpaired) electrons. The van der Waals surface area contributed by atoms with Crippen LogP contribution in [0.4, 0.5) is 10.5 Å². The standard InChI is InChI=1S/C10H10ClIN2O4/c11-6-3-5(12)1-2-7(6)14-10(18)13-4-8(15)9(16)17/h1-3,8,15H,4H2,(H,16,17)(H2,13,14,18). The molecule has 0 fully saturated rings. The number of carbonyl (C=O) groups excluding carboxylic acids is 1. The van der Waals surface area contributed by atoms with Crippen molar-refractivity contribution >= 4 is 51.9 Å². The molecule has 0 saturated carbocycles. The van der Waals surface area contributed by atoms with Gasteiger partial charge < -0.3 is 20.8 Å². The van der Waals surface area contributed by atoms with Crippen molar-refractivity contribution in [3.63, 3.8) is 0 Å². The van der Waals surface area contributed by atoms with Crippen LogP contribution in [0, 0.1) is 3.57 Å². The van der Waals surface area contributed by atoms with E-state index in [1.54, 1.807) is 18.2 Å². The third-order valence-electron chi connectivity index (χ3n) is 1.92. The van der Waals surface area contributed by atoms with Crippen molar-refractivity contribution < 1.29 is 19.8 Å². The molecular weight excluding hydrogens is 374 g/mol. The lowest BCUT2D eigenvalue weighted by molar-refractivity contribution is -0.146. The fourth-order valence-corrected chi connectivity index (χ4v) is 1.94. The molecule has 6 nitrogen and oxygen atoms in total. The number of aliphatic hydroxyl groups is 1. The third-order valence-corrected chi connectivity index (χ3v) is 2.90. The van der Waals surface area contributed by atoms with E-state index in [0.29, 0.717) is 10.7 Å². The number of amides is 2. The normalized spacial score (nSPS) is 11.7. The zero-order chi connectivity index (χ0) is 13.7. The molecule has 0 aliphatic carbocycles. The molecule has 2 amide bonds. The molecule has 0 spiro atoms. The Kier molecular flexibility index (Phi) is 5.63. The fourth-order valence-electron chi connectivity index (χ4n) is 1.03. The Morgan fingerprint density at radius 3 is 2.67 bits per heavy atom. The molecule has 1 atom stereocenters. The molecule has 0 bridgehead atoms. The lowest BCUT2D eigenvalue weighted by atomic mass is 10.3. The van der Waals surface area contributed by atoms with Crippen LogP contribution in [-0.4, -0.2) is 34.9 Å². The number of carbonyl (C=O) groups is 2. The van der Waals surface area contributed by atoms with Crippen LogP contribution >= 0.6 is 34.2 Å². The van der Waals surface area contributed by atoms with E-state index in [1.165, 1.54) is 0 Å². The number of rotatable bonds is 4. The molecule has 0 heterocycles. The van der Waals surface area contributed by atoms with Gasteiger partial charge in [0.2, 0.25) is 0 Å². The minimum Gasteiger partial charge on any atom is -0.479 e. The molecule has 1 rings (SSSR count). The summed E-state index contributed by atoms with van der Waals surface area (Å²) in [4.78, 5) is 21.7. The summed E-state index contributed by atoms with van der Waals surface area (Å²) in [5, 5.41) is 22.4. The van der Waals surface area contributed by atoms with Gasteiger partial charge in [-0.15, -0.1) is 0 Å². The first-order valence-electron chi connectivity index (χ1n) is 4.81. The summed E-state index contributed by atoms with van der Waals surface area (Å²) >= 11 is 7.97. The maximum Gasteiger partial charge on any atom is 0.334 e. The van der Waals surface area contributed by atoms with E-state index in [2.05, 4.69) is 33.2 Å². The first kappa shape index (κ1) is 15.0. The Bertz CT molecular complexity index is 469. The molecule has 98 valence electrons. The predicted molar refractivity (Wildman–Crippen MR) is 74.8 cm³/mol. The van der Waals surface area contributed by atoms with Gasteiger partial charge in [-0.25, -0.2) is 9.59 Å². The molecule has 1 aromatic rings. The highest BCUT2D eigenvalue weighted by molar-refractivity contribution is 14.1. The van der Waals surface area contributed by atoms with Crippen molar-refractivity contribution in [2.24, 2.45) is 0 Å². The number of halogens is 2. The van der Waals surface area contributed by atoms with Gasteiger partial charge in [0.1, 0.15) is 0 Å². The number of urea groups is 1. The quantitative estimate of drug-likeness (QED) is 0.592. The number of aliphatic carboxylic acids is 1. The van der Waals surface area contributed by atoms with E-state index in [1.807, 2.05) is 0 Å². The first-order valence-corrected chi connectivity index (χ1v) is 6.26. The summed E-state index contributed by atoms with van der Waals surface area (Å²) in [6.07, 6.45) is -1.64. The van der Waals surface area contributed by atoms with Crippen LogP contribution in [0.5, 0.6) is 0 Å². The van der Waals surface area contributed by atoms with Gasteiger partial charge in [-0.1, -0.05) is 11.6 Å². The van der Waals surface area contributed by atoms with E-state index in [-0.39, 0.29) is 6.54 Å². The summed E-state index contributed by atoms with van der Waals surface area (Å²) in [7, 11) is 0. The number of hydrogen-bond donors (Lipinski definition) is 4. The molecule has 1 unspecified atom stereocenters. The Balaban J connectivity index is 2.52. The highest BCUT2D eigenvalue weighted by Crippen LogP contribution is 2.23. The Labute approximate surface area is 121 Å². The van der Waals surface area contributed by atoms with Gasteiger partial charge in [0, 0.05) is 3.57 Å². The predicted octanol–water partition coefficient (Wildman–Crippen LogP) is 1.51. The molecule has 4 N–H and O–H groups in total. The second-order valence-electron chi connectivity index (χ2n) is 3.31. The van der Waals surface area contributed by atoms with Crippen molar-refractivity contribution in [1.29, 1.82) is 0 Å². The van der Waals surface area contributed by atoms with Gasteiger partial charge >= 0.3 is 12.0 Å². The van der Waals surface area contributed by atoms with Gasteiger partial charge in [-0.2, -0.15) is 0 Å². The summed E-state index contributed by atoms with van der Waals surface area (Å²) in [5.41, 5.74) is 0.402. The maximum absolute atomic E-state index is 11.4. The molecule has 1 aromatic carbocycles. The van der Waals surface area contributed by atoms with E-state index in [0.717, 1.165) is 3.57 Å². The summed E-state index contributed by atoms with van der Waals surface area (Å²) < 4.78 is 0.921. The van der Waals surface area contributed by atoms with Crippen LogP contribution < -0.4 is 10.6 Å². The highest BCUT2D eigenvalue weighted by atomic mass is 127. The lowest BCUT2D eigenvalue weighted by Gasteiger charge is -2.10. The van der Waals surface area contributed by atoms with E-state index in [9.17, 15) is 9.59 Å². The molecule has 0 aliphatic heterocycles. The zero-order valence-electron chi connectivity index (χ0n) is 8.98. The maximum atomic E-state index is 11.4. The Hall–Kier alpha value is -1.06. The second-order valence-corrected chi connectivity index (χ2v) is 4.97. The van der Waals surface area contributed by atoms with Gasteiger partial charge in [0.05, 0.1) is 17.3 Å². The average molecular weight is 385 g/mol. The topological polar surface area (TPSA) is 98.7 Å². The van der Waals surface area contributed by atoms with E-state index >= 15 is 0 Å². The van der Waals surface area contributed by atoms with E-state index < -0.39 is 18.1 Å². The number of anilines is 1. The summed E-state index contributed by atoms with van der Waals surface area (Å²) in [5.74, 6) is -1.40. The average Bonchev–Trinajstić information content (AvgIpc) is 2.29. The zero-order valence-corrected chi connectivity index (χ0v) is 11.9. The molecule has 0 saturated heterocycles. The summed E-state index contributed by atoms with van der Waals surface area (Å²) in [6.45, 7) is -0.386. The number of hydrogen-bond acceptors (Lipinski definition) is 3. The highest BCUT2D eigenvalue weighted by Gasteiger charge is 2.14. The number of carboxylic acid groups (broad SMARTS) is 1. The van der Waals surface area contributed by atoms with Crippen molar-refractivity contribution in [3.05, 3.63) is 26.8 Å². The van der Waals surface area contributed by atoms with Gasteiger partial charge in [0.15, 0.2) is 6.10 Å². The lowest BCUT2D eigenvalue weighted by Crippen LogP contribution is -2.38. The molecule has 8 heteroatoms. The number of carboxylic acids is 1. The molecule has 18 heavy (non-hydrogen) atoms. The van der Waals surface area contributed by atoms with Crippen LogP contribution in [0.25, 0.3) is 0 Å². The van der Waals surface area contributed by atoms with Crippen LogP contribution in [0.15, 0.2) is 18.2 Å². The number of nitrogens with one attached hydrogen (secondary N) is 2. The number of aliphatic hydroxyl groups excluding tert-OH is 1. The van der Waals surface area contributed by atoms with Crippen LogP contribution in [-0.2, 0) is 4.79 Å². The smallest absolute Gasteiger partial charge is 0.334 e. The second kappa shape index (κ2) is 6.76. The van der Waals surface area contributed by atoms with Crippen molar-refractivity contribution in [1.82, 2.24) is 5.32 Å². The third kappa shape index (κ3) is 4.67. The molecule has 0 aromatic heterocycles. The van der Waals surface area contributed by atoms with E-state index in [4.69, 9.17) is 21.8 Å². The van der Waals surface area contributed by atoms with Gasteiger partial charge in [-0.3, -0.25) is 0 Å². The Morgan fingerprint density at radius 1 is 1.44 bits per heavy atom. The summed E-state index contributed by atoms with van der Waals surface area (Å²) in [6, 6.07) is 4.41.